The minimum absolute atomic E-state index is 0.0243. The molecular formula is C6H12O3. The Kier molecular flexibility index (Phi) is 2.81. The Balaban J connectivity index is 3.74. The lowest BCUT2D eigenvalue weighted by atomic mass is 10.1. The van der Waals surface area contributed by atoms with Crippen LogP contribution in [-0.4, -0.2) is 30.2 Å². The number of methoxy groups -OCH3 is 1. The minimum Gasteiger partial charge on any atom is -0.383 e. The predicted octanol–water partition coefficient (Wildman–Crippen LogP) is -0.0272. The highest BCUT2D eigenvalue weighted by Gasteiger charge is 2.22. The van der Waals surface area contributed by atoms with Crippen LogP contribution < -0.4 is 0 Å². The summed E-state index contributed by atoms with van der Waals surface area (Å²) < 4.78 is 4.52. The third-order valence-electron chi connectivity index (χ3n) is 0.958. The molecule has 0 radical (unpaired) electrons. The van der Waals surface area contributed by atoms with Gasteiger partial charge in [0.15, 0.2) is 5.78 Å². The van der Waals surface area contributed by atoms with Gasteiger partial charge in [-0.25, -0.2) is 0 Å². The SMILES string of the molecule is COCC(=O)C(C)(C)O. The first-order valence-corrected chi connectivity index (χ1v) is 2.73. The van der Waals surface area contributed by atoms with Crippen molar-refractivity contribution in [1.82, 2.24) is 0 Å². The molecule has 0 rings (SSSR count). The number of rotatable bonds is 3. The molecule has 0 atom stereocenters. The largest absolute Gasteiger partial charge is 0.383 e. The lowest BCUT2D eigenvalue weighted by molar-refractivity contribution is -0.137. The zero-order valence-electron chi connectivity index (χ0n) is 5.97. The third kappa shape index (κ3) is 3.21. The van der Waals surface area contributed by atoms with E-state index in [2.05, 4.69) is 4.74 Å². The number of hydrogen-bond donors (Lipinski definition) is 1. The van der Waals surface area contributed by atoms with E-state index in [1.807, 2.05) is 0 Å². The van der Waals surface area contributed by atoms with E-state index in [0.717, 1.165) is 0 Å². The first-order chi connectivity index (χ1) is 3.98. The maximum absolute atomic E-state index is 10.7. The van der Waals surface area contributed by atoms with Crippen molar-refractivity contribution in [3.05, 3.63) is 0 Å². The summed E-state index contributed by atoms with van der Waals surface area (Å²) in [5.74, 6) is -0.301. The lowest BCUT2D eigenvalue weighted by Gasteiger charge is -2.13. The number of ketones is 1. The van der Waals surface area contributed by atoms with E-state index >= 15 is 0 Å². The normalized spacial score (nSPS) is 11.6. The van der Waals surface area contributed by atoms with Crippen LogP contribution in [0.2, 0.25) is 0 Å². The van der Waals surface area contributed by atoms with Crippen molar-refractivity contribution >= 4 is 5.78 Å². The molecule has 0 fully saturated rings. The van der Waals surface area contributed by atoms with Crippen LogP contribution in [0.4, 0.5) is 0 Å². The van der Waals surface area contributed by atoms with Crippen molar-refractivity contribution in [1.29, 1.82) is 0 Å². The highest BCUT2D eigenvalue weighted by Crippen LogP contribution is 2.01. The number of Topliss-reactive ketones (excluding diaryl/α,β-unsaturated/α-hetero) is 1. The molecular weight excluding hydrogens is 120 g/mol. The van der Waals surface area contributed by atoms with Crippen LogP contribution in [0.25, 0.3) is 0 Å². The van der Waals surface area contributed by atoms with Crippen LogP contribution in [0.3, 0.4) is 0 Å². The van der Waals surface area contributed by atoms with E-state index < -0.39 is 5.60 Å². The molecule has 54 valence electrons. The van der Waals surface area contributed by atoms with Gasteiger partial charge in [-0.3, -0.25) is 4.79 Å². The van der Waals surface area contributed by atoms with E-state index in [1.54, 1.807) is 0 Å². The summed E-state index contributed by atoms with van der Waals surface area (Å²) in [6.07, 6.45) is 0. The first kappa shape index (κ1) is 8.59. The van der Waals surface area contributed by atoms with E-state index in [9.17, 15) is 4.79 Å². The van der Waals surface area contributed by atoms with E-state index in [0.29, 0.717) is 0 Å². The number of hydrogen-bond acceptors (Lipinski definition) is 3. The van der Waals surface area contributed by atoms with Gasteiger partial charge in [-0.05, 0) is 13.8 Å². The van der Waals surface area contributed by atoms with Crippen LogP contribution in [0.5, 0.6) is 0 Å². The van der Waals surface area contributed by atoms with Crippen LogP contribution in [0.1, 0.15) is 13.8 Å². The molecule has 0 aromatic rings. The average Bonchev–Trinajstić information content (AvgIpc) is 1.64. The number of carbonyl (C=O) groups excluding carboxylic acids is 1. The monoisotopic (exact) mass is 132 g/mol. The fourth-order valence-corrected chi connectivity index (χ4v) is 0.308. The second kappa shape index (κ2) is 2.94. The molecule has 0 amide bonds. The Morgan fingerprint density at radius 2 is 2.11 bits per heavy atom. The molecule has 0 spiro atoms. The molecule has 1 N–H and O–H groups in total. The summed E-state index contributed by atoms with van der Waals surface area (Å²) in [5, 5.41) is 8.99. The zero-order valence-corrected chi connectivity index (χ0v) is 5.97. The Labute approximate surface area is 54.6 Å². The van der Waals surface area contributed by atoms with Gasteiger partial charge in [0.1, 0.15) is 12.2 Å². The van der Waals surface area contributed by atoms with Gasteiger partial charge in [0.25, 0.3) is 0 Å². The summed E-state index contributed by atoms with van der Waals surface area (Å²) in [6, 6.07) is 0. The third-order valence-corrected chi connectivity index (χ3v) is 0.958. The molecule has 9 heavy (non-hydrogen) atoms. The predicted molar refractivity (Wildman–Crippen MR) is 33.2 cm³/mol. The molecule has 0 aliphatic heterocycles. The summed E-state index contributed by atoms with van der Waals surface area (Å²) in [5.41, 5.74) is -1.25. The second-order valence-electron chi connectivity index (χ2n) is 2.42. The molecule has 3 nitrogen and oxygen atoms in total. The van der Waals surface area contributed by atoms with Crippen LogP contribution in [-0.2, 0) is 9.53 Å². The van der Waals surface area contributed by atoms with E-state index in [4.69, 9.17) is 5.11 Å². The summed E-state index contributed by atoms with van der Waals surface area (Å²) >= 11 is 0. The number of aliphatic hydroxyl groups is 1. The van der Waals surface area contributed by atoms with Crippen molar-refractivity contribution < 1.29 is 14.6 Å². The molecule has 0 aromatic heterocycles. The highest BCUT2D eigenvalue weighted by molar-refractivity contribution is 5.87. The van der Waals surface area contributed by atoms with Gasteiger partial charge >= 0.3 is 0 Å². The van der Waals surface area contributed by atoms with E-state index in [-0.39, 0.29) is 12.4 Å². The maximum atomic E-state index is 10.7. The van der Waals surface area contributed by atoms with Gasteiger partial charge in [-0.2, -0.15) is 0 Å². The van der Waals surface area contributed by atoms with Crippen molar-refractivity contribution in [3.8, 4) is 0 Å². The minimum atomic E-state index is -1.25. The topological polar surface area (TPSA) is 46.5 Å². The number of ether oxygens (including phenoxy) is 1. The maximum Gasteiger partial charge on any atom is 0.189 e. The summed E-state index contributed by atoms with van der Waals surface area (Å²) in [7, 11) is 1.42. The van der Waals surface area contributed by atoms with Gasteiger partial charge in [-0.1, -0.05) is 0 Å². The standard InChI is InChI=1S/C6H12O3/c1-6(2,8)5(7)4-9-3/h8H,4H2,1-3H3. The van der Waals surface area contributed by atoms with Gasteiger partial charge < -0.3 is 9.84 Å². The van der Waals surface area contributed by atoms with Crippen LogP contribution >= 0.6 is 0 Å². The highest BCUT2D eigenvalue weighted by atomic mass is 16.5. The fraction of sp³-hybridized carbons (Fsp3) is 0.833. The molecule has 0 saturated heterocycles. The molecule has 0 saturated carbocycles. The molecule has 0 unspecified atom stereocenters. The molecule has 3 heteroatoms. The van der Waals surface area contributed by atoms with Gasteiger partial charge in [-0.15, -0.1) is 0 Å². The molecule has 0 aromatic carbocycles. The van der Waals surface area contributed by atoms with Gasteiger partial charge in [0.2, 0.25) is 0 Å². The molecule has 0 aliphatic carbocycles. The molecule has 0 bridgehead atoms. The Morgan fingerprint density at radius 3 is 2.22 bits per heavy atom. The Morgan fingerprint density at radius 1 is 1.67 bits per heavy atom. The second-order valence-corrected chi connectivity index (χ2v) is 2.42. The molecule has 0 heterocycles. The quantitative estimate of drug-likeness (QED) is 0.586. The van der Waals surface area contributed by atoms with Gasteiger partial charge in [0.05, 0.1) is 0 Å². The smallest absolute Gasteiger partial charge is 0.189 e. The van der Waals surface area contributed by atoms with E-state index in [1.165, 1.54) is 21.0 Å². The molecule has 0 aliphatic rings. The summed E-state index contributed by atoms with van der Waals surface area (Å²) in [6.45, 7) is 2.85. The summed E-state index contributed by atoms with van der Waals surface area (Å²) in [4.78, 5) is 10.7. The van der Waals surface area contributed by atoms with Crippen LogP contribution in [0.15, 0.2) is 0 Å². The Hall–Kier alpha value is -0.410. The van der Waals surface area contributed by atoms with Crippen molar-refractivity contribution in [2.75, 3.05) is 13.7 Å². The van der Waals surface area contributed by atoms with Crippen molar-refractivity contribution in [2.24, 2.45) is 0 Å². The Bertz CT molecular complexity index is 101. The number of carbonyl (C=O) groups is 1. The zero-order chi connectivity index (χ0) is 7.49. The van der Waals surface area contributed by atoms with Crippen LogP contribution in [0, 0.1) is 0 Å². The fourth-order valence-electron chi connectivity index (χ4n) is 0.308. The lowest BCUT2D eigenvalue weighted by Crippen LogP contribution is -2.34. The first-order valence-electron chi connectivity index (χ1n) is 2.73. The van der Waals surface area contributed by atoms with Crippen molar-refractivity contribution in [3.63, 3.8) is 0 Å². The van der Waals surface area contributed by atoms with Crippen molar-refractivity contribution in [2.45, 2.75) is 19.4 Å². The average molecular weight is 132 g/mol. The van der Waals surface area contributed by atoms with Gasteiger partial charge in [0, 0.05) is 7.11 Å².